The molecule has 30 heavy (non-hydrogen) atoms. The third kappa shape index (κ3) is 4.58. The van der Waals surface area contributed by atoms with Crippen LogP contribution in [0.25, 0.3) is 0 Å². The van der Waals surface area contributed by atoms with Crippen molar-refractivity contribution in [3.63, 3.8) is 0 Å². The number of dihydropyridines is 1. The Bertz CT molecular complexity index is 1090. The SMILES string of the molecule is CC(=O)C1=C(C)NC(SCSc2ccccc2)=C(C#N)[C@@H]1c1ccccc1[N+](=O)[O-]. The van der Waals surface area contributed by atoms with E-state index in [9.17, 15) is 20.2 Å². The first-order valence-corrected chi connectivity index (χ1v) is 11.1. The van der Waals surface area contributed by atoms with E-state index in [4.69, 9.17) is 0 Å². The van der Waals surface area contributed by atoms with Gasteiger partial charge in [-0.05, 0) is 26.0 Å². The number of hydrogen-bond donors (Lipinski definition) is 1. The minimum Gasteiger partial charge on any atom is -0.353 e. The molecule has 0 saturated heterocycles. The molecule has 0 fully saturated rings. The Kier molecular flexibility index (Phi) is 6.98. The van der Waals surface area contributed by atoms with Gasteiger partial charge in [0, 0.05) is 27.8 Å². The largest absolute Gasteiger partial charge is 0.353 e. The highest BCUT2D eigenvalue weighted by atomic mass is 32.2. The van der Waals surface area contributed by atoms with Gasteiger partial charge in [0.2, 0.25) is 0 Å². The van der Waals surface area contributed by atoms with Crippen molar-refractivity contribution >= 4 is 35.0 Å². The van der Waals surface area contributed by atoms with Crippen LogP contribution in [0.3, 0.4) is 0 Å². The van der Waals surface area contributed by atoms with Crippen molar-refractivity contribution in [2.24, 2.45) is 0 Å². The summed E-state index contributed by atoms with van der Waals surface area (Å²) in [5.74, 6) is -1.00. The van der Waals surface area contributed by atoms with E-state index in [0.29, 0.717) is 32.5 Å². The van der Waals surface area contributed by atoms with Gasteiger partial charge in [0.25, 0.3) is 5.69 Å². The van der Waals surface area contributed by atoms with Crippen LogP contribution in [-0.2, 0) is 4.79 Å². The summed E-state index contributed by atoms with van der Waals surface area (Å²) in [6, 6.07) is 18.4. The van der Waals surface area contributed by atoms with Crippen LogP contribution in [-0.4, -0.2) is 15.8 Å². The Morgan fingerprint density at radius 2 is 1.83 bits per heavy atom. The fourth-order valence-corrected chi connectivity index (χ4v) is 5.52. The lowest BCUT2D eigenvalue weighted by molar-refractivity contribution is -0.385. The lowest BCUT2D eigenvalue weighted by atomic mass is 9.80. The zero-order chi connectivity index (χ0) is 21.7. The van der Waals surface area contributed by atoms with Crippen molar-refractivity contribution in [3.05, 3.63) is 92.1 Å². The third-order valence-electron chi connectivity index (χ3n) is 4.64. The number of thioether (sulfide) groups is 2. The first kappa shape index (κ1) is 21.7. The molecule has 0 unspecified atom stereocenters. The number of nitro benzene ring substituents is 1. The number of para-hydroxylation sites is 1. The highest BCUT2D eigenvalue weighted by molar-refractivity contribution is 8.17. The lowest BCUT2D eigenvalue weighted by Crippen LogP contribution is -2.27. The van der Waals surface area contributed by atoms with Crippen molar-refractivity contribution in [2.75, 3.05) is 5.08 Å². The van der Waals surface area contributed by atoms with Gasteiger partial charge in [-0.15, -0.1) is 11.8 Å². The van der Waals surface area contributed by atoms with E-state index in [1.807, 2.05) is 30.3 Å². The molecule has 0 aliphatic carbocycles. The molecule has 8 heteroatoms. The number of Topliss-reactive ketones (excluding diaryl/α,β-unsaturated/α-hetero) is 1. The standard InChI is InChI=1S/C22H19N3O3S2/c1-14-20(15(2)26)21(17-10-6-7-11-19(17)25(27)28)18(12-23)22(24-14)30-13-29-16-8-4-3-5-9-16/h3-11,21,24H,13H2,1-2H3/t21-/m0/s1. The summed E-state index contributed by atoms with van der Waals surface area (Å²) in [6.07, 6.45) is 0. The second-order valence-electron chi connectivity index (χ2n) is 6.54. The Labute approximate surface area is 183 Å². The summed E-state index contributed by atoms with van der Waals surface area (Å²) < 4.78 is 0. The topological polar surface area (TPSA) is 96.0 Å². The Morgan fingerprint density at radius 1 is 1.17 bits per heavy atom. The van der Waals surface area contributed by atoms with Crippen LogP contribution in [0.5, 0.6) is 0 Å². The Hall–Kier alpha value is -3.02. The molecule has 2 aromatic rings. The van der Waals surface area contributed by atoms with Gasteiger partial charge >= 0.3 is 0 Å². The van der Waals surface area contributed by atoms with Gasteiger partial charge in [0.1, 0.15) is 0 Å². The summed E-state index contributed by atoms with van der Waals surface area (Å²) >= 11 is 3.08. The fraction of sp³-hybridized carbons (Fsp3) is 0.182. The van der Waals surface area contributed by atoms with Crippen LogP contribution in [0.2, 0.25) is 0 Å². The molecule has 3 rings (SSSR count). The second kappa shape index (κ2) is 9.65. The number of nitrogens with zero attached hydrogens (tertiary/aromatic N) is 2. The molecule has 1 aliphatic heterocycles. The van der Waals surface area contributed by atoms with E-state index in [-0.39, 0.29) is 11.5 Å². The van der Waals surface area contributed by atoms with Crippen LogP contribution in [0.15, 0.2) is 81.4 Å². The minimum atomic E-state index is -0.778. The first-order chi connectivity index (χ1) is 14.4. The molecule has 1 atom stereocenters. The molecule has 0 bridgehead atoms. The molecule has 0 spiro atoms. The Balaban J connectivity index is 2.01. The van der Waals surface area contributed by atoms with E-state index < -0.39 is 10.8 Å². The van der Waals surface area contributed by atoms with Gasteiger partial charge in [0.05, 0.1) is 32.6 Å². The molecular formula is C22H19N3O3S2. The number of rotatable bonds is 7. The molecule has 2 aromatic carbocycles. The summed E-state index contributed by atoms with van der Waals surface area (Å²) in [6.45, 7) is 3.18. The average Bonchev–Trinajstić information content (AvgIpc) is 2.73. The molecule has 1 N–H and O–H groups in total. The zero-order valence-electron chi connectivity index (χ0n) is 16.4. The second-order valence-corrected chi connectivity index (χ2v) is 8.94. The molecule has 1 heterocycles. The van der Waals surface area contributed by atoms with Gasteiger partial charge in [0.15, 0.2) is 5.78 Å². The fourth-order valence-electron chi connectivity index (χ4n) is 3.38. The number of ketones is 1. The molecule has 152 valence electrons. The number of carbonyl (C=O) groups is 1. The lowest BCUT2D eigenvalue weighted by Gasteiger charge is -2.29. The maximum atomic E-state index is 12.4. The van der Waals surface area contributed by atoms with Crippen LogP contribution in [0.1, 0.15) is 25.3 Å². The van der Waals surface area contributed by atoms with E-state index in [1.54, 1.807) is 36.9 Å². The highest BCUT2D eigenvalue weighted by Gasteiger charge is 2.36. The monoisotopic (exact) mass is 437 g/mol. The molecule has 0 aromatic heterocycles. The summed E-state index contributed by atoms with van der Waals surface area (Å²) in [5.41, 5.74) is 1.54. The van der Waals surface area contributed by atoms with Crippen LogP contribution < -0.4 is 5.32 Å². The number of benzene rings is 2. The summed E-state index contributed by atoms with van der Waals surface area (Å²) in [4.78, 5) is 24.7. The molecule has 0 saturated carbocycles. The number of allylic oxidation sites excluding steroid dienone is 3. The predicted molar refractivity (Wildman–Crippen MR) is 120 cm³/mol. The third-order valence-corrected chi connectivity index (χ3v) is 6.80. The van der Waals surface area contributed by atoms with Gasteiger partial charge in [-0.1, -0.05) is 48.2 Å². The van der Waals surface area contributed by atoms with Crippen molar-refractivity contribution in [3.8, 4) is 6.07 Å². The molecule has 0 amide bonds. The van der Waals surface area contributed by atoms with Crippen molar-refractivity contribution in [1.29, 1.82) is 5.26 Å². The van der Waals surface area contributed by atoms with Crippen molar-refractivity contribution in [1.82, 2.24) is 5.32 Å². The van der Waals surface area contributed by atoms with Crippen molar-refractivity contribution in [2.45, 2.75) is 24.7 Å². The normalized spacial score (nSPS) is 16.1. The molecule has 6 nitrogen and oxygen atoms in total. The van der Waals surface area contributed by atoms with Gasteiger partial charge in [-0.3, -0.25) is 14.9 Å². The molecule has 0 radical (unpaired) electrons. The van der Waals surface area contributed by atoms with Crippen LogP contribution in [0.4, 0.5) is 5.69 Å². The maximum Gasteiger partial charge on any atom is 0.273 e. The smallest absolute Gasteiger partial charge is 0.273 e. The van der Waals surface area contributed by atoms with E-state index in [1.165, 1.54) is 24.8 Å². The summed E-state index contributed by atoms with van der Waals surface area (Å²) in [5, 5.41) is 26.0. The molecule has 1 aliphatic rings. The predicted octanol–water partition coefficient (Wildman–Crippen LogP) is 5.36. The molecular weight excluding hydrogens is 418 g/mol. The van der Waals surface area contributed by atoms with Gasteiger partial charge in [-0.25, -0.2) is 0 Å². The summed E-state index contributed by atoms with van der Waals surface area (Å²) in [7, 11) is 0. The van der Waals surface area contributed by atoms with E-state index >= 15 is 0 Å². The number of carbonyl (C=O) groups excluding carboxylic acids is 1. The maximum absolute atomic E-state index is 12.4. The quantitative estimate of drug-likeness (QED) is 0.269. The van der Waals surface area contributed by atoms with E-state index in [2.05, 4.69) is 11.4 Å². The average molecular weight is 438 g/mol. The number of nitrogens with one attached hydrogen (secondary N) is 1. The van der Waals surface area contributed by atoms with Crippen LogP contribution >= 0.6 is 23.5 Å². The number of hydrogen-bond acceptors (Lipinski definition) is 7. The van der Waals surface area contributed by atoms with Gasteiger partial charge < -0.3 is 5.32 Å². The van der Waals surface area contributed by atoms with Crippen molar-refractivity contribution < 1.29 is 9.72 Å². The van der Waals surface area contributed by atoms with E-state index in [0.717, 1.165) is 4.90 Å². The number of nitriles is 1. The van der Waals surface area contributed by atoms with Gasteiger partial charge in [-0.2, -0.15) is 5.26 Å². The first-order valence-electron chi connectivity index (χ1n) is 9.11. The highest BCUT2D eigenvalue weighted by Crippen LogP contribution is 2.44. The minimum absolute atomic E-state index is 0.105. The zero-order valence-corrected chi connectivity index (χ0v) is 18.0. The number of nitro groups is 1. The van der Waals surface area contributed by atoms with Crippen LogP contribution in [0, 0.1) is 21.4 Å². The Morgan fingerprint density at radius 3 is 2.47 bits per heavy atom.